The second-order valence-electron chi connectivity index (χ2n) is 4.03. The fourth-order valence-corrected chi connectivity index (χ4v) is 1.72. The van der Waals surface area contributed by atoms with E-state index in [0.29, 0.717) is 30.4 Å². The summed E-state index contributed by atoms with van der Waals surface area (Å²) in [7, 11) is 3.39. The summed E-state index contributed by atoms with van der Waals surface area (Å²) in [5.74, 6) is 0.788. The molecule has 0 aliphatic heterocycles. The zero-order valence-electron chi connectivity index (χ0n) is 11.0. The van der Waals surface area contributed by atoms with E-state index >= 15 is 0 Å². The van der Waals surface area contributed by atoms with Gasteiger partial charge in [0, 0.05) is 26.6 Å². The van der Waals surface area contributed by atoms with E-state index in [2.05, 4.69) is 4.98 Å². The minimum atomic E-state index is -0.152. The summed E-state index contributed by atoms with van der Waals surface area (Å²) in [4.78, 5) is 16.5. The third kappa shape index (κ3) is 3.00. The van der Waals surface area contributed by atoms with Gasteiger partial charge in [0.2, 0.25) is 5.78 Å². The number of ketones is 1. The van der Waals surface area contributed by atoms with E-state index < -0.39 is 0 Å². The molecule has 0 bridgehead atoms. The predicted octanol–water partition coefficient (Wildman–Crippen LogP) is 1.68. The number of hydrogen-bond donors (Lipinski definition) is 0. The highest BCUT2D eigenvalue weighted by atomic mass is 16.5. The van der Waals surface area contributed by atoms with Crippen LogP contribution in [-0.4, -0.2) is 35.7 Å². The Hall–Kier alpha value is -2.14. The molecule has 2 rings (SSSR count). The molecule has 5 heteroatoms. The number of aryl methyl sites for hydroxylation is 1. The topological polar surface area (TPSA) is 53.4 Å². The molecule has 5 nitrogen and oxygen atoms in total. The van der Waals surface area contributed by atoms with Gasteiger partial charge in [-0.15, -0.1) is 0 Å². The molecule has 0 N–H and O–H groups in total. The third-order valence-corrected chi connectivity index (χ3v) is 2.70. The molecule has 0 radical (unpaired) electrons. The van der Waals surface area contributed by atoms with Crippen LogP contribution in [-0.2, 0) is 11.8 Å². The van der Waals surface area contributed by atoms with Crippen molar-refractivity contribution in [2.75, 3.05) is 20.3 Å². The van der Waals surface area contributed by atoms with Gasteiger partial charge in [-0.05, 0) is 12.1 Å². The molecule has 0 spiro atoms. The number of carbonyl (C=O) groups is 1. The van der Waals surface area contributed by atoms with Crippen LogP contribution in [0.2, 0.25) is 0 Å². The molecule has 0 amide bonds. The zero-order valence-corrected chi connectivity index (χ0v) is 11.0. The van der Waals surface area contributed by atoms with E-state index in [1.165, 1.54) is 0 Å². The first-order chi connectivity index (χ1) is 9.24. The number of methoxy groups -OCH3 is 1. The lowest BCUT2D eigenvalue weighted by Gasteiger charge is -2.10. The van der Waals surface area contributed by atoms with Gasteiger partial charge < -0.3 is 14.0 Å². The highest BCUT2D eigenvalue weighted by Crippen LogP contribution is 2.20. The van der Waals surface area contributed by atoms with Crippen LogP contribution in [0.5, 0.6) is 5.75 Å². The van der Waals surface area contributed by atoms with Crippen LogP contribution >= 0.6 is 0 Å². The first kappa shape index (κ1) is 13.3. The van der Waals surface area contributed by atoms with Gasteiger partial charge in [-0.1, -0.05) is 12.1 Å². The van der Waals surface area contributed by atoms with Crippen molar-refractivity contribution in [2.24, 2.45) is 7.05 Å². The lowest BCUT2D eigenvalue weighted by molar-refractivity contribution is 0.101. The van der Waals surface area contributed by atoms with Crippen molar-refractivity contribution in [3.63, 3.8) is 0 Å². The SMILES string of the molecule is COCCOc1ccccc1C(=O)c1nccn1C. The van der Waals surface area contributed by atoms with Crippen molar-refractivity contribution >= 4 is 5.78 Å². The molecular formula is C14H16N2O3. The maximum Gasteiger partial charge on any atom is 0.232 e. The first-order valence-corrected chi connectivity index (χ1v) is 5.97. The van der Waals surface area contributed by atoms with Gasteiger partial charge in [0.1, 0.15) is 12.4 Å². The van der Waals surface area contributed by atoms with Gasteiger partial charge in [-0.3, -0.25) is 4.79 Å². The molecule has 0 aliphatic rings. The largest absolute Gasteiger partial charge is 0.490 e. The number of carbonyl (C=O) groups excluding carboxylic acids is 1. The number of imidazole rings is 1. The smallest absolute Gasteiger partial charge is 0.232 e. The summed E-state index contributed by atoms with van der Waals surface area (Å²) in [6, 6.07) is 7.14. The minimum absolute atomic E-state index is 0.152. The van der Waals surface area contributed by atoms with Gasteiger partial charge >= 0.3 is 0 Å². The number of hydrogen-bond acceptors (Lipinski definition) is 4. The number of rotatable bonds is 6. The Balaban J connectivity index is 2.24. The van der Waals surface area contributed by atoms with Crippen molar-refractivity contribution in [3.8, 4) is 5.75 Å². The fourth-order valence-electron chi connectivity index (χ4n) is 1.72. The Morgan fingerprint density at radius 3 is 2.79 bits per heavy atom. The normalized spacial score (nSPS) is 10.4. The Morgan fingerprint density at radius 1 is 1.32 bits per heavy atom. The van der Waals surface area contributed by atoms with Gasteiger partial charge in [0.25, 0.3) is 0 Å². The Morgan fingerprint density at radius 2 is 2.11 bits per heavy atom. The third-order valence-electron chi connectivity index (χ3n) is 2.70. The lowest BCUT2D eigenvalue weighted by atomic mass is 10.1. The standard InChI is InChI=1S/C14H16N2O3/c1-16-8-7-15-14(16)13(17)11-5-3-4-6-12(11)19-10-9-18-2/h3-8H,9-10H2,1-2H3. The van der Waals surface area contributed by atoms with Crippen molar-refractivity contribution < 1.29 is 14.3 Å². The summed E-state index contributed by atoms with van der Waals surface area (Å²) in [6.07, 6.45) is 3.34. The lowest BCUT2D eigenvalue weighted by Crippen LogP contribution is -2.12. The van der Waals surface area contributed by atoms with Gasteiger partial charge in [-0.25, -0.2) is 4.98 Å². The molecule has 0 fully saturated rings. The van der Waals surface area contributed by atoms with Crippen molar-refractivity contribution in [1.29, 1.82) is 0 Å². The molecule has 1 heterocycles. The van der Waals surface area contributed by atoms with Crippen LogP contribution in [0.3, 0.4) is 0 Å². The van der Waals surface area contributed by atoms with E-state index in [-0.39, 0.29) is 5.78 Å². The van der Waals surface area contributed by atoms with E-state index in [0.717, 1.165) is 0 Å². The van der Waals surface area contributed by atoms with E-state index in [9.17, 15) is 4.79 Å². The van der Waals surface area contributed by atoms with E-state index in [4.69, 9.17) is 9.47 Å². The van der Waals surface area contributed by atoms with Crippen molar-refractivity contribution in [3.05, 3.63) is 48.0 Å². The summed E-state index contributed by atoms with van der Waals surface area (Å²) in [6.45, 7) is 0.881. The van der Waals surface area contributed by atoms with Gasteiger partial charge in [0.15, 0.2) is 5.82 Å². The summed E-state index contributed by atoms with van der Waals surface area (Å²) in [5.41, 5.74) is 0.507. The average molecular weight is 260 g/mol. The summed E-state index contributed by atoms with van der Waals surface area (Å²) < 4.78 is 12.2. The number of ether oxygens (including phenoxy) is 2. The molecule has 0 unspecified atom stereocenters. The molecule has 1 aromatic carbocycles. The number of aromatic nitrogens is 2. The molecule has 100 valence electrons. The Bertz CT molecular complexity index is 563. The van der Waals surface area contributed by atoms with E-state index in [1.54, 1.807) is 49.3 Å². The predicted molar refractivity (Wildman–Crippen MR) is 70.5 cm³/mol. The average Bonchev–Trinajstić information content (AvgIpc) is 2.85. The quantitative estimate of drug-likeness (QED) is 0.585. The van der Waals surface area contributed by atoms with Crippen molar-refractivity contribution in [1.82, 2.24) is 9.55 Å². The van der Waals surface area contributed by atoms with Crippen LogP contribution < -0.4 is 4.74 Å². The number of benzene rings is 1. The zero-order chi connectivity index (χ0) is 13.7. The summed E-state index contributed by atoms with van der Waals surface area (Å²) in [5, 5.41) is 0. The maximum atomic E-state index is 12.4. The second-order valence-corrected chi connectivity index (χ2v) is 4.03. The van der Waals surface area contributed by atoms with Crippen LogP contribution in [0.25, 0.3) is 0 Å². The van der Waals surface area contributed by atoms with Crippen LogP contribution in [0.1, 0.15) is 16.2 Å². The van der Waals surface area contributed by atoms with Gasteiger partial charge in [0.05, 0.1) is 12.2 Å². The molecule has 0 atom stereocenters. The minimum Gasteiger partial charge on any atom is -0.490 e. The second kappa shape index (κ2) is 6.15. The van der Waals surface area contributed by atoms with E-state index in [1.807, 2.05) is 6.07 Å². The van der Waals surface area contributed by atoms with Crippen LogP contribution in [0.15, 0.2) is 36.7 Å². The van der Waals surface area contributed by atoms with Crippen LogP contribution in [0, 0.1) is 0 Å². The number of para-hydroxylation sites is 1. The molecule has 0 saturated heterocycles. The number of nitrogens with zero attached hydrogens (tertiary/aromatic N) is 2. The highest BCUT2D eigenvalue weighted by molar-refractivity contribution is 6.08. The van der Waals surface area contributed by atoms with Crippen LogP contribution in [0.4, 0.5) is 0 Å². The summed E-state index contributed by atoms with van der Waals surface area (Å²) >= 11 is 0. The maximum absolute atomic E-state index is 12.4. The Labute approximate surface area is 111 Å². The Kier molecular flexibility index (Phi) is 4.30. The molecule has 19 heavy (non-hydrogen) atoms. The highest BCUT2D eigenvalue weighted by Gasteiger charge is 2.17. The molecule has 0 aliphatic carbocycles. The first-order valence-electron chi connectivity index (χ1n) is 5.97. The molecule has 1 aromatic heterocycles. The van der Waals surface area contributed by atoms with Crippen molar-refractivity contribution in [2.45, 2.75) is 0 Å². The molecular weight excluding hydrogens is 244 g/mol. The van der Waals surface area contributed by atoms with Gasteiger partial charge in [-0.2, -0.15) is 0 Å². The monoisotopic (exact) mass is 260 g/mol. The fraction of sp³-hybridized carbons (Fsp3) is 0.286. The molecule has 2 aromatic rings. The molecule has 0 saturated carbocycles.